The number of hydrogen-bond acceptors (Lipinski definition) is 4. The quantitative estimate of drug-likeness (QED) is 0.112. The Morgan fingerprint density at radius 2 is 1.67 bits per heavy atom. The van der Waals surface area contributed by atoms with Crippen molar-refractivity contribution in [1.82, 2.24) is 9.80 Å². The lowest BCUT2D eigenvalue weighted by Crippen LogP contribution is -2.50. The molecule has 0 heterocycles. The molecule has 0 radical (unpaired) electrons. The summed E-state index contributed by atoms with van der Waals surface area (Å²) < 4.78 is 13.6. The van der Waals surface area contributed by atoms with Crippen molar-refractivity contribution in [3.05, 3.63) is 75.9 Å². The zero-order chi connectivity index (χ0) is 26.3. The molecule has 0 saturated carbocycles. The molecule has 2 rings (SSSR count). The van der Waals surface area contributed by atoms with Crippen molar-refractivity contribution in [1.29, 1.82) is 0 Å². The maximum absolute atomic E-state index is 13.9. The summed E-state index contributed by atoms with van der Waals surface area (Å²) in [5, 5.41) is 3.83. The minimum atomic E-state index is -0.549. The van der Waals surface area contributed by atoms with Gasteiger partial charge in [0.15, 0.2) is 0 Å². The molecule has 2 aromatic carbocycles. The number of halogens is 1. The summed E-state index contributed by atoms with van der Waals surface area (Å²) in [7, 11) is 0. The smallest absolute Gasteiger partial charge is 0.246 e. The van der Waals surface area contributed by atoms with Crippen LogP contribution in [-0.2, 0) is 22.7 Å². The van der Waals surface area contributed by atoms with Crippen molar-refractivity contribution in [3.63, 3.8) is 0 Å². The molecule has 0 aliphatic carbocycles. The van der Waals surface area contributed by atoms with E-state index >= 15 is 0 Å². The van der Waals surface area contributed by atoms with Crippen LogP contribution >= 0.6 is 0 Å². The first-order valence-corrected chi connectivity index (χ1v) is 12.8. The lowest BCUT2D eigenvalue weighted by atomic mass is 10.0. The second-order valence-corrected chi connectivity index (χ2v) is 9.08. The summed E-state index contributed by atoms with van der Waals surface area (Å²) in [5.74, 6) is -0.799. The van der Waals surface area contributed by atoms with E-state index in [9.17, 15) is 14.0 Å². The van der Waals surface area contributed by atoms with Gasteiger partial charge < -0.3 is 0 Å². The van der Waals surface area contributed by atoms with Gasteiger partial charge in [-0.2, -0.15) is 0 Å². The molecule has 8 heteroatoms. The van der Waals surface area contributed by atoms with Crippen LogP contribution in [-0.4, -0.2) is 34.2 Å². The number of carbonyl (C=O) groups excluding carboxylic acids is 2. The van der Waals surface area contributed by atoms with Gasteiger partial charge in [0.2, 0.25) is 11.8 Å². The largest absolute Gasteiger partial charge is 0.283 e. The van der Waals surface area contributed by atoms with Crippen molar-refractivity contribution in [2.24, 2.45) is 5.11 Å². The third-order valence-electron chi connectivity index (χ3n) is 6.25. The lowest BCUT2D eigenvalue weighted by Gasteiger charge is -2.34. The van der Waals surface area contributed by atoms with Gasteiger partial charge in [-0.25, -0.2) is 4.39 Å². The number of azide groups is 1. The molecule has 0 aromatic heterocycles. The number of hydrogen-bond donors (Lipinski definition) is 0. The highest BCUT2D eigenvalue weighted by Crippen LogP contribution is 2.25. The summed E-state index contributed by atoms with van der Waals surface area (Å²) in [6.07, 6.45) is 6.21. The SMILES string of the molecule is CCCCCCC(C(=O)N(CCCC)C(C)=O)N(Cc1ccc(F)cc1)Cc1ccccc1N=[N+]=[N-]. The topological polar surface area (TPSA) is 89.4 Å². The number of benzene rings is 2. The van der Waals surface area contributed by atoms with E-state index in [0.29, 0.717) is 31.7 Å². The van der Waals surface area contributed by atoms with Crippen LogP contribution in [0.1, 0.15) is 76.8 Å². The second-order valence-electron chi connectivity index (χ2n) is 9.08. The van der Waals surface area contributed by atoms with Crippen LogP contribution in [0.5, 0.6) is 0 Å². The number of rotatable bonds is 15. The van der Waals surface area contributed by atoms with Gasteiger partial charge in [-0.05, 0) is 41.6 Å². The minimum Gasteiger partial charge on any atom is -0.283 e. The molecule has 0 bridgehead atoms. The van der Waals surface area contributed by atoms with E-state index in [1.807, 2.05) is 24.0 Å². The van der Waals surface area contributed by atoms with Crippen molar-refractivity contribution in [2.45, 2.75) is 84.8 Å². The van der Waals surface area contributed by atoms with E-state index in [-0.39, 0.29) is 17.6 Å². The zero-order valence-electron chi connectivity index (χ0n) is 21.7. The predicted molar refractivity (Wildman–Crippen MR) is 141 cm³/mol. The highest BCUT2D eigenvalue weighted by atomic mass is 19.1. The van der Waals surface area contributed by atoms with Crippen molar-refractivity contribution >= 4 is 17.5 Å². The highest BCUT2D eigenvalue weighted by molar-refractivity contribution is 5.96. The van der Waals surface area contributed by atoms with Gasteiger partial charge >= 0.3 is 0 Å². The van der Waals surface area contributed by atoms with Gasteiger partial charge in [0.05, 0.1) is 6.04 Å². The average Bonchev–Trinajstić information content (AvgIpc) is 2.86. The lowest BCUT2D eigenvalue weighted by molar-refractivity contribution is -0.148. The number of amides is 2. The first-order chi connectivity index (χ1) is 17.4. The summed E-state index contributed by atoms with van der Waals surface area (Å²) in [4.78, 5) is 32.7. The van der Waals surface area contributed by atoms with Gasteiger partial charge in [0, 0.05) is 37.2 Å². The first-order valence-electron chi connectivity index (χ1n) is 12.8. The van der Waals surface area contributed by atoms with Crippen molar-refractivity contribution < 1.29 is 14.0 Å². The Morgan fingerprint density at radius 1 is 0.972 bits per heavy atom. The monoisotopic (exact) mass is 495 g/mol. The van der Waals surface area contributed by atoms with E-state index in [4.69, 9.17) is 5.53 Å². The molecule has 0 aliphatic heterocycles. The van der Waals surface area contributed by atoms with Crippen LogP contribution in [0.3, 0.4) is 0 Å². The molecule has 1 unspecified atom stereocenters. The van der Waals surface area contributed by atoms with E-state index in [1.54, 1.807) is 24.3 Å². The molecular formula is C28H38FN5O2. The van der Waals surface area contributed by atoms with Crippen LogP contribution in [0.15, 0.2) is 53.6 Å². The third kappa shape index (κ3) is 9.10. The van der Waals surface area contributed by atoms with Gasteiger partial charge in [0.1, 0.15) is 5.82 Å². The molecule has 2 aromatic rings. The Morgan fingerprint density at radius 3 is 2.31 bits per heavy atom. The molecule has 0 fully saturated rings. The zero-order valence-corrected chi connectivity index (χ0v) is 21.7. The van der Waals surface area contributed by atoms with Crippen LogP contribution in [0.4, 0.5) is 10.1 Å². The van der Waals surface area contributed by atoms with Gasteiger partial charge in [-0.1, -0.05) is 87.5 Å². The van der Waals surface area contributed by atoms with Crippen molar-refractivity contribution in [2.75, 3.05) is 6.54 Å². The van der Waals surface area contributed by atoms with E-state index in [2.05, 4.69) is 16.9 Å². The standard InChI is InChI=1S/C28H38FN5O2/c1-4-6-8-9-14-27(28(36)34(22(3)35)19-7-5-2)33(20-23-15-17-25(29)18-16-23)21-24-12-10-11-13-26(24)31-32-30/h10-13,15-18,27H,4-9,14,19-21H2,1-3H3. The van der Waals surface area contributed by atoms with Gasteiger partial charge in [-0.15, -0.1) is 0 Å². The molecule has 7 nitrogen and oxygen atoms in total. The summed E-state index contributed by atoms with van der Waals surface area (Å²) in [6.45, 7) is 6.71. The molecule has 0 aliphatic rings. The molecule has 0 saturated heterocycles. The van der Waals surface area contributed by atoms with E-state index in [1.165, 1.54) is 24.0 Å². The highest BCUT2D eigenvalue weighted by Gasteiger charge is 2.31. The summed E-state index contributed by atoms with van der Waals surface area (Å²) in [6, 6.07) is 13.0. The number of carbonyl (C=O) groups is 2. The van der Waals surface area contributed by atoms with Crippen LogP contribution < -0.4 is 0 Å². The first kappa shape index (κ1) is 29.0. The Balaban J connectivity index is 2.48. The number of imide groups is 1. The normalized spacial score (nSPS) is 11.7. The number of unbranched alkanes of at least 4 members (excludes halogenated alkanes) is 4. The van der Waals surface area contributed by atoms with Gasteiger partial charge in [0.25, 0.3) is 0 Å². The molecular weight excluding hydrogens is 457 g/mol. The summed E-state index contributed by atoms with van der Waals surface area (Å²) >= 11 is 0. The van der Waals surface area contributed by atoms with Crippen LogP contribution in [0.25, 0.3) is 10.4 Å². The molecule has 0 spiro atoms. The average molecular weight is 496 g/mol. The molecule has 194 valence electrons. The fourth-order valence-corrected chi connectivity index (χ4v) is 4.26. The van der Waals surface area contributed by atoms with Crippen molar-refractivity contribution in [3.8, 4) is 0 Å². The van der Waals surface area contributed by atoms with Crippen LogP contribution in [0, 0.1) is 5.82 Å². The maximum atomic E-state index is 13.9. The fourth-order valence-electron chi connectivity index (χ4n) is 4.26. The second kappa shape index (κ2) is 15.7. The molecule has 2 amide bonds. The van der Waals surface area contributed by atoms with E-state index in [0.717, 1.165) is 49.7 Å². The minimum absolute atomic E-state index is 0.212. The predicted octanol–water partition coefficient (Wildman–Crippen LogP) is 7.28. The molecule has 0 N–H and O–H groups in total. The Labute approximate surface area is 213 Å². The Hall–Kier alpha value is -3.22. The number of nitrogens with zero attached hydrogens (tertiary/aromatic N) is 5. The van der Waals surface area contributed by atoms with E-state index < -0.39 is 6.04 Å². The van der Waals surface area contributed by atoms with Crippen LogP contribution in [0.2, 0.25) is 0 Å². The molecule has 36 heavy (non-hydrogen) atoms. The Bertz CT molecular complexity index is 1020. The van der Waals surface area contributed by atoms with Gasteiger partial charge in [-0.3, -0.25) is 19.4 Å². The Kier molecular flexibility index (Phi) is 12.7. The maximum Gasteiger partial charge on any atom is 0.246 e. The summed E-state index contributed by atoms with van der Waals surface area (Å²) in [5.41, 5.74) is 11.2. The third-order valence-corrected chi connectivity index (χ3v) is 6.25. The fraction of sp³-hybridized carbons (Fsp3) is 0.500. The molecule has 1 atom stereocenters.